The Morgan fingerprint density at radius 1 is 1.26 bits per heavy atom. The minimum atomic E-state index is -1.35. The SMILES string of the molecule is COC(=O)CC/C=C/C1OC(C)CC[C@@H](F)[C@H](O)/C=C/[C@H]2CCC[C@@H]2C1F. The van der Waals surface area contributed by atoms with Crippen LogP contribution in [-0.4, -0.2) is 48.8 Å². The molecule has 1 heterocycles. The summed E-state index contributed by atoms with van der Waals surface area (Å²) >= 11 is 0. The monoisotopic (exact) mass is 386 g/mol. The van der Waals surface area contributed by atoms with Crippen LogP contribution in [0, 0.1) is 11.8 Å². The quantitative estimate of drug-likeness (QED) is 0.584. The predicted molar refractivity (Wildman–Crippen MR) is 99.7 cm³/mol. The maximum Gasteiger partial charge on any atom is 0.305 e. The Morgan fingerprint density at radius 2 is 2.04 bits per heavy atom. The molecule has 0 aromatic carbocycles. The Hall–Kier alpha value is -1.27. The Balaban J connectivity index is 2.12. The molecular weight excluding hydrogens is 354 g/mol. The molecule has 0 radical (unpaired) electrons. The summed E-state index contributed by atoms with van der Waals surface area (Å²) in [6.45, 7) is 1.80. The molecular formula is C21H32F2O4. The van der Waals surface area contributed by atoms with Gasteiger partial charge in [-0.2, -0.15) is 0 Å². The second-order valence-electron chi connectivity index (χ2n) is 7.63. The van der Waals surface area contributed by atoms with Gasteiger partial charge in [0.2, 0.25) is 0 Å². The smallest absolute Gasteiger partial charge is 0.305 e. The number of methoxy groups -OCH3 is 1. The topological polar surface area (TPSA) is 55.8 Å². The number of aliphatic hydroxyl groups excluding tert-OH is 1. The van der Waals surface area contributed by atoms with E-state index in [1.54, 1.807) is 25.2 Å². The molecule has 0 spiro atoms. The van der Waals surface area contributed by atoms with Gasteiger partial charge in [0.1, 0.15) is 24.6 Å². The third kappa shape index (κ3) is 6.68. The summed E-state index contributed by atoms with van der Waals surface area (Å²) in [6.07, 6.45) is 5.75. The minimum Gasteiger partial charge on any atom is -0.469 e. The number of halogens is 2. The van der Waals surface area contributed by atoms with E-state index in [1.165, 1.54) is 13.2 Å². The number of alkyl halides is 2. The van der Waals surface area contributed by atoms with Crippen molar-refractivity contribution in [3.8, 4) is 0 Å². The number of hydrogen-bond acceptors (Lipinski definition) is 4. The van der Waals surface area contributed by atoms with Crippen molar-refractivity contribution in [2.75, 3.05) is 7.11 Å². The standard InChI is InChI=1S/C21H32F2O4/c1-14-10-12-17(22)18(24)13-11-15-6-5-7-16(15)21(23)19(27-14)8-3-4-9-20(25)26-2/h3,8,11,13-19,21,24H,4-7,9-10,12H2,1-2H3/b8-3+,13-11+/t14?,15-,16+,17-,18-,19?,21?/m1/s1. The van der Waals surface area contributed by atoms with Gasteiger partial charge in [0.15, 0.2) is 0 Å². The molecule has 1 aliphatic carbocycles. The lowest BCUT2D eigenvalue weighted by molar-refractivity contribution is -0.140. The zero-order valence-corrected chi connectivity index (χ0v) is 16.2. The average molecular weight is 386 g/mol. The number of carbonyl (C=O) groups is 1. The van der Waals surface area contributed by atoms with Crippen LogP contribution in [0.15, 0.2) is 24.3 Å². The summed E-state index contributed by atoms with van der Waals surface area (Å²) in [7, 11) is 1.34. The van der Waals surface area contributed by atoms with Crippen LogP contribution >= 0.6 is 0 Å². The number of aliphatic hydroxyl groups is 1. The summed E-state index contributed by atoms with van der Waals surface area (Å²) in [4.78, 5) is 11.2. The van der Waals surface area contributed by atoms with Crippen LogP contribution in [0.3, 0.4) is 0 Å². The number of esters is 1. The van der Waals surface area contributed by atoms with Gasteiger partial charge in [-0.25, -0.2) is 8.78 Å². The molecule has 1 saturated carbocycles. The molecule has 7 atom stereocenters. The van der Waals surface area contributed by atoms with Crippen molar-refractivity contribution in [3.05, 3.63) is 24.3 Å². The number of carbonyl (C=O) groups excluding carboxylic acids is 1. The van der Waals surface area contributed by atoms with E-state index in [-0.39, 0.29) is 36.8 Å². The highest BCUT2D eigenvalue weighted by atomic mass is 19.1. The summed E-state index contributed by atoms with van der Waals surface area (Å²) in [5.41, 5.74) is 0. The third-order valence-corrected chi connectivity index (χ3v) is 5.58. The van der Waals surface area contributed by atoms with Gasteiger partial charge >= 0.3 is 5.97 Å². The molecule has 4 nitrogen and oxygen atoms in total. The minimum absolute atomic E-state index is 0.0221. The maximum absolute atomic E-state index is 15.4. The first-order chi connectivity index (χ1) is 12.9. The third-order valence-electron chi connectivity index (χ3n) is 5.58. The fourth-order valence-corrected chi connectivity index (χ4v) is 3.93. The van der Waals surface area contributed by atoms with E-state index < -0.39 is 24.6 Å². The van der Waals surface area contributed by atoms with Gasteiger partial charge in [0.25, 0.3) is 0 Å². The van der Waals surface area contributed by atoms with E-state index in [4.69, 9.17) is 4.74 Å². The van der Waals surface area contributed by atoms with Crippen LogP contribution in [0.5, 0.6) is 0 Å². The molecule has 0 saturated heterocycles. The molecule has 1 aliphatic heterocycles. The summed E-state index contributed by atoms with van der Waals surface area (Å²) in [5, 5.41) is 9.95. The molecule has 3 unspecified atom stereocenters. The molecule has 2 aliphatic rings. The van der Waals surface area contributed by atoms with Crippen LogP contribution in [-0.2, 0) is 14.3 Å². The van der Waals surface area contributed by atoms with Crippen LogP contribution in [0.2, 0.25) is 0 Å². The lowest BCUT2D eigenvalue weighted by Gasteiger charge is -2.30. The molecule has 0 amide bonds. The zero-order chi connectivity index (χ0) is 19.8. The molecule has 6 heteroatoms. The number of fused-ring (bicyclic) bond motifs is 1. The van der Waals surface area contributed by atoms with Gasteiger partial charge in [-0.05, 0) is 50.9 Å². The van der Waals surface area contributed by atoms with E-state index in [0.717, 1.165) is 19.3 Å². The van der Waals surface area contributed by atoms with E-state index in [0.29, 0.717) is 12.8 Å². The van der Waals surface area contributed by atoms with Gasteiger partial charge in [0, 0.05) is 6.42 Å². The van der Waals surface area contributed by atoms with Crippen molar-refractivity contribution in [2.24, 2.45) is 11.8 Å². The summed E-state index contributed by atoms with van der Waals surface area (Å²) < 4.78 is 40.0. The van der Waals surface area contributed by atoms with E-state index >= 15 is 4.39 Å². The summed E-state index contributed by atoms with van der Waals surface area (Å²) in [5.74, 6) is -0.544. The second kappa shape index (κ2) is 10.9. The van der Waals surface area contributed by atoms with Crippen molar-refractivity contribution >= 4 is 5.97 Å². The fraction of sp³-hybridized carbons (Fsp3) is 0.762. The number of rotatable bonds is 4. The van der Waals surface area contributed by atoms with Gasteiger partial charge in [0.05, 0.1) is 13.2 Å². The molecule has 154 valence electrons. The zero-order valence-electron chi connectivity index (χ0n) is 16.2. The number of ether oxygens (including phenoxy) is 2. The number of allylic oxidation sites excluding steroid dienone is 2. The van der Waals surface area contributed by atoms with Crippen LogP contribution in [0.4, 0.5) is 8.78 Å². The van der Waals surface area contributed by atoms with Gasteiger partial charge in [-0.1, -0.05) is 30.7 Å². The van der Waals surface area contributed by atoms with Crippen LogP contribution < -0.4 is 0 Å². The predicted octanol–water partition coefficient (Wildman–Crippen LogP) is 4.07. The van der Waals surface area contributed by atoms with E-state index in [1.807, 2.05) is 0 Å². The Labute approximate surface area is 160 Å². The molecule has 0 bridgehead atoms. The maximum atomic E-state index is 15.4. The second-order valence-corrected chi connectivity index (χ2v) is 7.63. The van der Waals surface area contributed by atoms with Gasteiger partial charge in [-0.15, -0.1) is 0 Å². The van der Waals surface area contributed by atoms with Crippen molar-refractivity contribution in [1.29, 1.82) is 0 Å². The highest BCUT2D eigenvalue weighted by molar-refractivity contribution is 5.69. The fourth-order valence-electron chi connectivity index (χ4n) is 3.93. The molecule has 1 N–H and O–H groups in total. The Kier molecular flexibility index (Phi) is 8.90. The Morgan fingerprint density at radius 3 is 2.78 bits per heavy atom. The normalized spacial score (nSPS) is 39.4. The van der Waals surface area contributed by atoms with Crippen molar-refractivity contribution in [2.45, 2.75) is 82.5 Å². The lowest BCUT2D eigenvalue weighted by atomic mass is 9.87. The highest BCUT2D eigenvalue weighted by Crippen LogP contribution is 2.39. The Bertz CT molecular complexity index is 522. The van der Waals surface area contributed by atoms with E-state index in [9.17, 15) is 14.3 Å². The largest absolute Gasteiger partial charge is 0.469 e. The molecule has 0 aromatic heterocycles. The first-order valence-electron chi connectivity index (χ1n) is 9.95. The lowest BCUT2D eigenvalue weighted by Crippen LogP contribution is -2.35. The van der Waals surface area contributed by atoms with Crippen molar-refractivity contribution in [3.63, 3.8) is 0 Å². The summed E-state index contributed by atoms with van der Waals surface area (Å²) in [6, 6.07) is 0. The molecule has 27 heavy (non-hydrogen) atoms. The van der Waals surface area contributed by atoms with Crippen LogP contribution in [0.25, 0.3) is 0 Å². The first kappa shape index (κ1) is 22.0. The van der Waals surface area contributed by atoms with Crippen molar-refractivity contribution < 1.29 is 28.2 Å². The highest BCUT2D eigenvalue weighted by Gasteiger charge is 2.37. The van der Waals surface area contributed by atoms with Crippen LogP contribution in [0.1, 0.15) is 51.9 Å². The number of hydrogen-bond donors (Lipinski definition) is 1. The first-order valence-corrected chi connectivity index (χ1v) is 9.95. The van der Waals surface area contributed by atoms with Gasteiger partial charge < -0.3 is 14.6 Å². The van der Waals surface area contributed by atoms with Crippen molar-refractivity contribution in [1.82, 2.24) is 0 Å². The van der Waals surface area contributed by atoms with Gasteiger partial charge in [-0.3, -0.25) is 4.79 Å². The molecule has 2 rings (SSSR count). The van der Waals surface area contributed by atoms with E-state index in [2.05, 4.69) is 4.74 Å². The average Bonchev–Trinajstić information content (AvgIpc) is 3.13. The molecule has 1 fully saturated rings. The molecule has 0 aromatic rings.